The molecule has 1 aliphatic heterocycles. The molecule has 0 aliphatic carbocycles. The Labute approximate surface area is 135 Å². The molecular weight excluding hydrogens is 298 g/mol. The van der Waals surface area contributed by atoms with Crippen LogP contribution in [0.5, 0.6) is 0 Å². The van der Waals surface area contributed by atoms with E-state index in [-0.39, 0.29) is 18.9 Å². The van der Waals surface area contributed by atoms with E-state index in [4.69, 9.17) is 9.84 Å². The number of hydrogen-bond acceptors (Lipinski definition) is 4. The molecule has 0 bridgehead atoms. The van der Waals surface area contributed by atoms with Crippen molar-refractivity contribution in [3.63, 3.8) is 0 Å². The maximum absolute atomic E-state index is 12.7. The summed E-state index contributed by atoms with van der Waals surface area (Å²) in [5.41, 5.74) is 0.993. The third kappa shape index (κ3) is 4.09. The number of benzene rings is 1. The summed E-state index contributed by atoms with van der Waals surface area (Å²) in [5.74, 6) is -2.43. The number of ether oxygens (including phenoxy) is 1. The Balaban J connectivity index is 2.17. The molecule has 6 nitrogen and oxygen atoms in total. The number of hydrogen-bond donors (Lipinski definition) is 1. The minimum absolute atomic E-state index is 0.136. The van der Waals surface area contributed by atoms with Crippen LogP contribution in [0.2, 0.25) is 0 Å². The zero-order valence-electron chi connectivity index (χ0n) is 13.3. The lowest BCUT2D eigenvalue weighted by atomic mass is 9.90. The molecule has 0 radical (unpaired) electrons. The highest BCUT2D eigenvalue weighted by Gasteiger charge is 2.42. The predicted molar refractivity (Wildman–Crippen MR) is 82.7 cm³/mol. The van der Waals surface area contributed by atoms with Gasteiger partial charge in [-0.25, -0.2) is 9.69 Å². The van der Waals surface area contributed by atoms with Gasteiger partial charge in [-0.2, -0.15) is 0 Å². The lowest BCUT2D eigenvalue weighted by Gasteiger charge is -2.26. The Morgan fingerprint density at radius 1 is 1.30 bits per heavy atom. The molecule has 1 aliphatic rings. The number of imide groups is 1. The van der Waals surface area contributed by atoms with E-state index < -0.39 is 29.9 Å². The van der Waals surface area contributed by atoms with Gasteiger partial charge < -0.3 is 9.84 Å². The fourth-order valence-corrected chi connectivity index (χ4v) is 2.74. The number of carboxylic acids is 1. The van der Waals surface area contributed by atoms with Crippen molar-refractivity contribution in [3.05, 3.63) is 35.9 Å². The topological polar surface area (TPSA) is 83.9 Å². The van der Waals surface area contributed by atoms with E-state index >= 15 is 0 Å². The fraction of sp³-hybridized carbons (Fsp3) is 0.471. The zero-order valence-corrected chi connectivity index (χ0v) is 13.3. The molecular formula is C17H21NO5. The van der Waals surface area contributed by atoms with E-state index in [1.807, 2.05) is 30.3 Å². The van der Waals surface area contributed by atoms with Crippen LogP contribution in [0.3, 0.4) is 0 Å². The van der Waals surface area contributed by atoms with Crippen molar-refractivity contribution in [1.82, 2.24) is 4.90 Å². The molecule has 6 heteroatoms. The molecule has 2 unspecified atom stereocenters. The van der Waals surface area contributed by atoms with Crippen LogP contribution in [-0.2, 0) is 20.7 Å². The van der Waals surface area contributed by atoms with Gasteiger partial charge in [0.05, 0.1) is 18.4 Å². The second kappa shape index (κ2) is 7.26. The van der Waals surface area contributed by atoms with E-state index in [2.05, 4.69) is 0 Å². The van der Waals surface area contributed by atoms with E-state index in [1.54, 1.807) is 13.8 Å². The van der Waals surface area contributed by atoms with Crippen molar-refractivity contribution in [2.45, 2.75) is 32.7 Å². The van der Waals surface area contributed by atoms with Gasteiger partial charge in [0, 0.05) is 0 Å². The van der Waals surface area contributed by atoms with Crippen LogP contribution in [0, 0.1) is 11.8 Å². The number of carbonyl (C=O) groups is 3. The molecule has 1 aromatic carbocycles. The third-order valence-electron chi connectivity index (χ3n) is 4.03. The molecule has 0 saturated carbocycles. The van der Waals surface area contributed by atoms with E-state index in [1.165, 1.54) is 0 Å². The van der Waals surface area contributed by atoms with Crippen molar-refractivity contribution in [3.8, 4) is 0 Å². The quantitative estimate of drug-likeness (QED) is 0.870. The van der Waals surface area contributed by atoms with Gasteiger partial charge in [-0.3, -0.25) is 9.59 Å². The van der Waals surface area contributed by atoms with Gasteiger partial charge >= 0.3 is 12.1 Å². The highest BCUT2D eigenvalue weighted by molar-refractivity contribution is 5.96. The van der Waals surface area contributed by atoms with Crippen LogP contribution in [0.15, 0.2) is 30.3 Å². The molecule has 0 aromatic heterocycles. The van der Waals surface area contributed by atoms with Crippen LogP contribution in [0.1, 0.15) is 25.8 Å². The first kappa shape index (κ1) is 17.0. The monoisotopic (exact) mass is 319 g/mol. The molecule has 1 N–H and O–H groups in total. The Kier molecular flexibility index (Phi) is 5.36. The minimum Gasteiger partial charge on any atom is -0.481 e. The second-order valence-electron chi connectivity index (χ2n) is 6.08. The number of nitrogens with zero attached hydrogens (tertiary/aromatic N) is 1. The summed E-state index contributed by atoms with van der Waals surface area (Å²) in [6, 6.07) is 9.11. The Morgan fingerprint density at radius 2 is 1.96 bits per heavy atom. The maximum atomic E-state index is 12.7. The third-order valence-corrected chi connectivity index (χ3v) is 4.03. The normalized spacial score (nSPS) is 18.8. The van der Waals surface area contributed by atoms with Crippen molar-refractivity contribution >= 4 is 18.0 Å². The van der Waals surface area contributed by atoms with Gasteiger partial charge in [0.15, 0.2) is 0 Å². The summed E-state index contributed by atoms with van der Waals surface area (Å²) in [4.78, 5) is 36.8. The summed E-state index contributed by atoms with van der Waals surface area (Å²) in [6.45, 7) is 3.69. The smallest absolute Gasteiger partial charge is 0.416 e. The summed E-state index contributed by atoms with van der Waals surface area (Å²) in [6.07, 6.45) is -0.485. The van der Waals surface area contributed by atoms with Gasteiger partial charge in [0.1, 0.15) is 6.61 Å². The number of amides is 2. The summed E-state index contributed by atoms with van der Waals surface area (Å²) < 4.78 is 5.03. The first-order valence-corrected chi connectivity index (χ1v) is 7.65. The Hall–Kier alpha value is -2.37. The van der Waals surface area contributed by atoms with Crippen molar-refractivity contribution in [2.24, 2.45) is 11.8 Å². The molecule has 1 aromatic rings. The van der Waals surface area contributed by atoms with Crippen LogP contribution in [-0.4, -0.2) is 40.6 Å². The van der Waals surface area contributed by atoms with Gasteiger partial charge in [-0.15, -0.1) is 0 Å². The average Bonchev–Trinajstić information content (AvgIpc) is 2.85. The summed E-state index contributed by atoms with van der Waals surface area (Å²) in [5, 5.41) is 9.00. The zero-order chi connectivity index (χ0) is 17.0. The van der Waals surface area contributed by atoms with Crippen LogP contribution >= 0.6 is 0 Å². The molecule has 124 valence electrons. The molecule has 1 heterocycles. The standard InChI is InChI=1S/C17H21NO5/c1-11(2)14(9-15(19)20)16(21)18-13(10-23-17(18)22)8-12-6-4-3-5-7-12/h3-7,11,13-14H,8-10H2,1-2H3,(H,19,20). The van der Waals surface area contributed by atoms with Gasteiger partial charge in [-0.05, 0) is 17.9 Å². The SMILES string of the molecule is CC(C)C(CC(=O)O)C(=O)N1C(=O)OCC1Cc1ccccc1. The van der Waals surface area contributed by atoms with Crippen molar-refractivity contribution in [2.75, 3.05) is 6.61 Å². The molecule has 23 heavy (non-hydrogen) atoms. The number of carbonyl (C=O) groups excluding carboxylic acids is 2. The molecule has 2 atom stereocenters. The van der Waals surface area contributed by atoms with E-state index in [0.29, 0.717) is 6.42 Å². The van der Waals surface area contributed by atoms with Gasteiger partial charge in [0.25, 0.3) is 0 Å². The Bertz CT molecular complexity index is 584. The van der Waals surface area contributed by atoms with E-state index in [0.717, 1.165) is 10.5 Å². The first-order valence-electron chi connectivity index (χ1n) is 7.65. The van der Waals surface area contributed by atoms with Gasteiger partial charge in [0.2, 0.25) is 5.91 Å². The largest absolute Gasteiger partial charge is 0.481 e. The minimum atomic E-state index is -1.05. The number of aliphatic carboxylic acids is 1. The summed E-state index contributed by atoms with van der Waals surface area (Å²) >= 11 is 0. The van der Waals surface area contributed by atoms with E-state index in [9.17, 15) is 14.4 Å². The predicted octanol–water partition coefficient (Wildman–Crippen LogP) is 2.32. The molecule has 1 fully saturated rings. The molecule has 2 rings (SSSR count). The number of rotatable bonds is 6. The Morgan fingerprint density at radius 3 is 2.52 bits per heavy atom. The van der Waals surface area contributed by atoms with Crippen molar-refractivity contribution in [1.29, 1.82) is 0 Å². The highest BCUT2D eigenvalue weighted by atomic mass is 16.6. The molecule has 1 saturated heterocycles. The number of cyclic esters (lactones) is 1. The fourth-order valence-electron chi connectivity index (χ4n) is 2.74. The molecule has 2 amide bonds. The maximum Gasteiger partial charge on any atom is 0.416 e. The van der Waals surface area contributed by atoms with Gasteiger partial charge in [-0.1, -0.05) is 44.2 Å². The lowest BCUT2D eigenvalue weighted by Crippen LogP contribution is -2.45. The van der Waals surface area contributed by atoms with Crippen molar-refractivity contribution < 1.29 is 24.2 Å². The lowest BCUT2D eigenvalue weighted by molar-refractivity contribution is -0.145. The van der Waals surface area contributed by atoms with Crippen LogP contribution in [0.25, 0.3) is 0 Å². The average molecular weight is 319 g/mol. The van der Waals surface area contributed by atoms with Crippen LogP contribution < -0.4 is 0 Å². The number of carboxylic acid groups (broad SMARTS) is 1. The highest BCUT2D eigenvalue weighted by Crippen LogP contribution is 2.25. The second-order valence-corrected chi connectivity index (χ2v) is 6.08. The van der Waals surface area contributed by atoms with Crippen LogP contribution in [0.4, 0.5) is 4.79 Å². The summed E-state index contributed by atoms with van der Waals surface area (Å²) in [7, 11) is 0. The first-order chi connectivity index (χ1) is 10.9. The molecule has 0 spiro atoms.